The molecule has 2 fully saturated rings. The SMILES string of the molecule is COc1c(OC2CCCSC2)cccc1C1(C)CCCN1. The maximum absolute atomic E-state index is 6.25. The van der Waals surface area contributed by atoms with Gasteiger partial charge in [-0.3, -0.25) is 0 Å². The van der Waals surface area contributed by atoms with E-state index in [9.17, 15) is 0 Å². The third-order valence-corrected chi connectivity index (χ3v) is 5.74. The molecule has 2 aliphatic rings. The summed E-state index contributed by atoms with van der Waals surface area (Å²) >= 11 is 1.99. The van der Waals surface area contributed by atoms with Crippen LogP contribution in [0.3, 0.4) is 0 Å². The van der Waals surface area contributed by atoms with E-state index >= 15 is 0 Å². The van der Waals surface area contributed by atoms with Gasteiger partial charge in [0.25, 0.3) is 0 Å². The Bertz CT molecular complexity index is 480. The van der Waals surface area contributed by atoms with Crippen LogP contribution in [0, 0.1) is 0 Å². The van der Waals surface area contributed by atoms with Crippen LogP contribution in [0.1, 0.15) is 38.2 Å². The van der Waals surface area contributed by atoms with Gasteiger partial charge in [0.05, 0.1) is 7.11 Å². The van der Waals surface area contributed by atoms with Crippen LogP contribution in [-0.4, -0.2) is 31.3 Å². The van der Waals surface area contributed by atoms with Crippen molar-refractivity contribution in [1.29, 1.82) is 0 Å². The zero-order valence-corrected chi connectivity index (χ0v) is 13.8. The van der Waals surface area contributed by atoms with Crippen LogP contribution in [-0.2, 0) is 5.54 Å². The van der Waals surface area contributed by atoms with E-state index in [1.807, 2.05) is 17.8 Å². The second-order valence-corrected chi connectivity index (χ2v) is 7.31. The van der Waals surface area contributed by atoms with Crippen molar-refractivity contribution in [3.8, 4) is 11.5 Å². The molecule has 2 atom stereocenters. The fraction of sp³-hybridized carbons (Fsp3) is 0.647. The maximum atomic E-state index is 6.25. The van der Waals surface area contributed by atoms with Crippen molar-refractivity contribution >= 4 is 11.8 Å². The van der Waals surface area contributed by atoms with Gasteiger partial charge in [0.2, 0.25) is 0 Å². The predicted octanol–water partition coefficient (Wildman–Crippen LogP) is 3.57. The van der Waals surface area contributed by atoms with Crippen LogP contribution in [0.5, 0.6) is 11.5 Å². The van der Waals surface area contributed by atoms with E-state index in [0.717, 1.165) is 36.6 Å². The van der Waals surface area contributed by atoms with Crippen molar-refractivity contribution in [3.63, 3.8) is 0 Å². The smallest absolute Gasteiger partial charge is 0.165 e. The van der Waals surface area contributed by atoms with E-state index in [2.05, 4.69) is 24.4 Å². The number of benzene rings is 1. The quantitative estimate of drug-likeness (QED) is 0.921. The average molecular weight is 307 g/mol. The number of rotatable bonds is 4. The van der Waals surface area contributed by atoms with Crippen LogP contribution in [0.25, 0.3) is 0 Å². The Kier molecular flexibility index (Phi) is 4.65. The molecule has 2 saturated heterocycles. The molecule has 4 heteroatoms. The van der Waals surface area contributed by atoms with Gasteiger partial charge in [-0.2, -0.15) is 11.8 Å². The summed E-state index contributed by atoms with van der Waals surface area (Å²) in [5.41, 5.74) is 1.23. The second-order valence-electron chi connectivity index (χ2n) is 6.16. The Balaban J connectivity index is 1.86. The lowest BCUT2D eigenvalue weighted by Crippen LogP contribution is -2.33. The lowest BCUT2D eigenvalue weighted by atomic mass is 9.89. The molecule has 2 aliphatic heterocycles. The molecule has 0 amide bonds. The van der Waals surface area contributed by atoms with Crippen LogP contribution in [0.15, 0.2) is 18.2 Å². The fourth-order valence-electron chi connectivity index (χ4n) is 3.36. The van der Waals surface area contributed by atoms with Crippen molar-refractivity contribution in [1.82, 2.24) is 5.32 Å². The highest BCUT2D eigenvalue weighted by molar-refractivity contribution is 7.99. The Morgan fingerprint density at radius 2 is 2.24 bits per heavy atom. The van der Waals surface area contributed by atoms with E-state index in [-0.39, 0.29) is 5.54 Å². The number of hydrogen-bond donors (Lipinski definition) is 1. The summed E-state index contributed by atoms with van der Waals surface area (Å²) < 4.78 is 12.0. The maximum Gasteiger partial charge on any atom is 0.165 e. The first-order valence-corrected chi connectivity index (χ1v) is 9.05. The minimum Gasteiger partial charge on any atom is -0.493 e. The fourth-order valence-corrected chi connectivity index (χ4v) is 4.40. The van der Waals surface area contributed by atoms with E-state index in [1.54, 1.807) is 7.11 Å². The number of methoxy groups -OCH3 is 1. The molecular formula is C17H25NO2S. The van der Waals surface area contributed by atoms with Crippen LogP contribution in [0.4, 0.5) is 0 Å². The van der Waals surface area contributed by atoms with E-state index in [4.69, 9.17) is 9.47 Å². The first-order valence-electron chi connectivity index (χ1n) is 7.90. The number of thioether (sulfide) groups is 1. The Labute approximate surface area is 131 Å². The minimum atomic E-state index is 0.00598. The summed E-state index contributed by atoms with van der Waals surface area (Å²) in [7, 11) is 1.75. The van der Waals surface area contributed by atoms with Gasteiger partial charge in [0.1, 0.15) is 6.10 Å². The van der Waals surface area contributed by atoms with Gasteiger partial charge in [-0.05, 0) is 51.0 Å². The molecule has 2 unspecified atom stereocenters. The zero-order valence-electron chi connectivity index (χ0n) is 13.0. The van der Waals surface area contributed by atoms with Crippen molar-refractivity contribution < 1.29 is 9.47 Å². The molecule has 0 saturated carbocycles. The largest absolute Gasteiger partial charge is 0.493 e. The number of para-hydroxylation sites is 1. The first-order chi connectivity index (χ1) is 10.2. The molecule has 0 bridgehead atoms. The summed E-state index contributed by atoms with van der Waals surface area (Å²) in [5.74, 6) is 4.16. The molecule has 0 spiro atoms. The van der Waals surface area contributed by atoms with Crippen LogP contribution >= 0.6 is 11.8 Å². The molecule has 3 rings (SSSR count). The van der Waals surface area contributed by atoms with Crippen LogP contribution in [0.2, 0.25) is 0 Å². The van der Waals surface area contributed by atoms with Gasteiger partial charge in [-0.1, -0.05) is 12.1 Å². The molecule has 21 heavy (non-hydrogen) atoms. The minimum absolute atomic E-state index is 0.00598. The van der Waals surface area contributed by atoms with E-state index < -0.39 is 0 Å². The zero-order chi connectivity index (χ0) is 14.7. The van der Waals surface area contributed by atoms with Crippen molar-refractivity contribution in [3.05, 3.63) is 23.8 Å². The van der Waals surface area contributed by atoms with Gasteiger partial charge < -0.3 is 14.8 Å². The monoisotopic (exact) mass is 307 g/mol. The van der Waals surface area contributed by atoms with Crippen molar-refractivity contribution in [2.24, 2.45) is 0 Å². The Hall–Kier alpha value is -0.870. The highest BCUT2D eigenvalue weighted by atomic mass is 32.2. The third kappa shape index (κ3) is 3.16. The predicted molar refractivity (Wildman–Crippen MR) is 88.6 cm³/mol. The van der Waals surface area contributed by atoms with Gasteiger partial charge in [0.15, 0.2) is 11.5 Å². The molecular weight excluding hydrogens is 282 g/mol. The lowest BCUT2D eigenvalue weighted by Gasteiger charge is -2.29. The molecule has 0 aliphatic carbocycles. The van der Waals surface area contributed by atoms with Gasteiger partial charge >= 0.3 is 0 Å². The third-order valence-electron chi connectivity index (χ3n) is 4.56. The number of nitrogens with one attached hydrogen (secondary N) is 1. The van der Waals surface area contributed by atoms with E-state index in [1.165, 1.54) is 24.2 Å². The molecule has 0 aromatic heterocycles. The summed E-state index contributed by atoms with van der Waals surface area (Å²) in [6.07, 6.45) is 5.07. The highest BCUT2D eigenvalue weighted by Crippen LogP contribution is 2.42. The molecule has 0 radical (unpaired) electrons. The van der Waals surface area contributed by atoms with Crippen molar-refractivity contribution in [2.75, 3.05) is 25.2 Å². The summed E-state index contributed by atoms with van der Waals surface area (Å²) in [4.78, 5) is 0. The van der Waals surface area contributed by atoms with Crippen molar-refractivity contribution in [2.45, 2.75) is 44.2 Å². The topological polar surface area (TPSA) is 30.5 Å². The second kappa shape index (κ2) is 6.49. The molecule has 3 nitrogen and oxygen atoms in total. The lowest BCUT2D eigenvalue weighted by molar-refractivity contribution is 0.200. The first kappa shape index (κ1) is 15.0. The average Bonchev–Trinajstić information content (AvgIpc) is 2.96. The van der Waals surface area contributed by atoms with Gasteiger partial charge in [0, 0.05) is 16.9 Å². The molecule has 1 aromatic rings. The standard InChI is InChI=1S/C17H25NO2S/c1-17(9-5-10-18-17)14-7-3-8-15(16(14)19-2)20-13-6-4-11-21-12-13/h3,7-8,13,18H,4-6,9-12H2,1-2H3. The van der Waals surface area contributed by atoms with Gasteiger partial charge in [-0.25, -0.2) is 0 Å². The van der Waals surface area contributed by atoms with E-state index in [0.29, 0.717) is 6.10 Å². The number of ether oxygens (including phenoxy) is 2. The highest BCUT2D eigenvalue weighted by Gasteiger charge is 2.34. The summed E-state index contributed by atoms with van der Waals surface area (Å²) in [6, 6.07) is 6.30. The normalized spacial score (nSPS) is 29.3. The number of hydrogen-bond acceptors (Lipinski definition) is 4. The Morgan fingerprint density at radius 1 is 1.33 bits per heavy atom. The summed E-state index contributed by atoms with van der Waals surface area (Å²) in [6.45, 7) is 3.34. The Morgan fingerprint density at radius 3 is 2.90 bits per heavy atom. The van der Waals surface area contributed by atoms with Gasteiger partial charge in [-0.15, -0.1) is 0 Å². The molecule has 1 aromatic carbocycles. The molecule has 116 valence electrons. The summed E-state index contributed by atoms with van der Waals surface area (Å²) in [5, 5.41) is 3.62. The molecule has 1 N–H and O–H groups in total. The van der Waals surface area contributed by atoms with Crippen LogP contribution < -0.4 is 14.8 Å². The molecule has 2 heterocycles.